The van der Waals surface area contributed by atoms with Gasteiger partial charge in [0, 0.05) is 19.0 Å². The highest BCUT2D eigenvalue weighted by molar-refractivity contribution is 5.82. The molecule has 0 atom stereocenters. The molecule has 1 aromatic rings. The van der Waals surface area contributed by atoms with Gasteiger partial charge >= 0.3 is 0 Å². The molecule has 0 aliphatic carbocycles. The van der Waals surface area contributed by atoms with E-state index in [0.29, 0.717) is 0 Å². The van der Waals surface area contributed by atoms with Crippen molar-refractivity contribution in [2.45, 2.75) is 26.7 Å². The maximum atomic E-state index is 4.21. The van der Waals surface area contributed by atoms with Crippen LogP contribution in [0.1, 0.15) is 26.7 Å². The molecule has 0 fully saturated rings. The quantitative estimate of drug-likeness (QED) is 0.569. The predicted octanol–water partition coefficient (Wildman–Crippen LogP) is 2.01. The van der Waals surface area contributed by atoms with E-state index < -0.39 is 0 Å². The number of hydrogen-bond donors (Lipinski definition) is 1. The van der Waals surface area contributed by atoms with Crippen LogP contribution in [0.2, 0.25) is 0 Å². The molecule has 0 amide bonds. The Morgan fingerprint density at radius 1 is 1.69 bits per heavy atom. The first-order chi connectivity index (χ1) is 6.22. The first kappa shape index (κ1) is 9.77. The highest BCUT2D eigenvalue weighted by atomic mass is 15.3. The fraction of sp³-hybridized carbons (Fsp3) is 0.556. The number of nitrogens with zero attached hydrogens (tertiary/aromatic N) is 3. The predicted molar refractivity (Wildman–Crippen MR) is 54.8 cm³/mol. The van der Waals surface area contributed by atoms with Crippen molar-refractivity contribution in [3.05, 3.63) is 12.4 Å². The Balaban J connectivity index is 2.46. The van der Waals surface area contributed by atoms with Gasteiger partial charge in [0.25, 0.3) is 0 Å². The molecule has 0 aliphatic rings. The molecule has 13 heavy (non-hydrogen) atoms. The molecule has 0 saturated carbocycles. The average Bonchev–Trinajstić information content (AvgIpc) is 2.49. The summed E-state index contributed by atoms with van der Waals surface area (Å²) in [6, 6.07) is 0. The molecule has 0 bridgehead atoms. The Hall–Kier alpha value is -1.32. The van der Waals surface area contributed by atoms with E-state index >= 15 is 0 Å². The van der Waals surface area contributed by atoms with E-state index in [1.165, 1.54) is 0 Å². The lowest BCUT2D eigenvalue weighted by atomic mass is 10.2. The van der Waals surface area contributed by atoms with E-state index in [4.69, 9.17) is 0 Å². The lowest BCUT2D eigenvalue weighted by molar-refractivity contribution is 0.768. The fourth-order valence-electron chi connectivity index (χ4n) is 1.06. The lowest BCUT2D eigenvalue weighted by Gasteiger charge is -1.98. The van der Waals surface area contributed by atoms with Gasteiger partial charge in [-0.05, 0) is 13.3 Å². The van der Waals surface area contributed by atoms with Crippen molar-refractivity contribution in [1.82, 2.24) is 9.78 Å². The van der Waals surface area contributed by atoms with Crippen LogP contribution in [0, 0.1) is 0 Å². The number of hydrogen-bond acceptors (Lipinski definition) is 3. The SMILES string of the molecule is CCC/C(C)=N/Nc1cnn(C)c1. The topological polar surface area (TPSA) is 42.2 Å². The third kappa shape index (κ3) is 3.27. The second kappa shape index (κ2) is 4.64. The lowest BCUT2D eigenvalue weighted by Crippen LogP contribution is -1.96. The maximum absolute atomic E-state index is 4.21. The van der Waals surface area contributed by atoms with Gasteiger partial charge < -0.3 is 0 Å². The zero-order chi connectivity index (χ0) is 9.68. The Bertz CT molecular complexity index is 288. The molecule has 1 aromatic heterocycles. The first-order valence-electron chi connectivity index (χ1n) is 4.50. The van der Waals surface area contributed by atoms with E-state index in [1.54, 1.807) is 10.9 Å². The smallest absolute Gasteiger partial charge is 0.0941 e. The zero-order valence-corrected chi connectivity index (χ0v) is 8.41. The molecular formula is C9H16N4. The summed E-state index contributed by atoms with van der Waals surface area (Å²) < 4.78 is 1.74. The van der Waals surface area contributed by atoms with Crippen LogP contribution in [0.4, 0.5) is 5.69 Å². The van der Waals surface area contributed by atoms with Crippen molar-refractivity contribution in [2.75, 3.05) is 5.43 Å². The highest BCUT2D eigenvalue weighted by Crippen LogP contribution is 2.03. The van der Waals surface area contributed by atoms with E-state index in [2.05, 4.69) is 22.5 Å². The molecule has 4 heteroatoms. The van der Waals surface area contributed by atoms with Crippen LogP contribution in [0.15, 0.2) is 17.5 Å². The Kier molecular flexibility index (Phi) is 3.49. The van der Waals surface area contributed by atoms with E-state index in [9.17, 15) is 0 Å². The summed E-state index contributed by atoms with van der Waals surface area (Å²) in [4.78, 5) is 0. The molecule has 1 rings (SSSR count). The number of aryl methyl sites for hydroxylation is 1. The molecule has 1 heterocycles. The largest absolute Gasteiger partial charge is 0.275 e. The Labute approximate surface area is 78.6 Å². The van der Waals surface area contributed by atoms with Gasteiger partial charge in [0.15, 0.2) is 0 Å². The van der Waals surface area contributed by atoms with Crippen LogP contribution in [0.5, 0.6) is 0 Å². The molecule has 4 nitrogen and oxygen atoms in total. The van der Waals surface area contributed by atoms with Crippen molar-refractivity contribution in [3.63, 3.8) is 0 Å². The summed E-state index contributed by atoms with van der Waals surface area (Å²) in [6.07, 6.45) is 5.81. The fourth-order valence-corrected chi connectivity index (χ4v) is 1.06. The molecule has 0 unspecified atom stereocenters. The minimum atomic E-state index is 0.929. The number of aromatic nitrogens is 2. The number of hydrazone groups is 1. The van der Waals surface area contributed by atoms with Crippen LogP contribution in [0.25, 0.3) is 0 Å². The van der Waals surface area contributed by atoms with Gasteiger partial charge in [-0.25, -0.2) is 0 Å². The van der Waals surface area contributed by atoms with Gasteiger partial charge in [-0.15, -0.1) is 0 Å². The molecule has 0 aliphatic heterocycles. The average molecular weight is 180 g/mol. The third-order valence-electron chi connectivity index (χ3n) is 1.69. The normalized spacial score (nSPS) is 11.8. The van der Waals surface area contributed by atoms with Crippen LogP contribution < -0.4 is 5.43 Å². The maximum Gasteiger partial charge on any atom is 0.0941 e. The Morgan fingerprint density at radius 3 is 3.00 bits per heavy atom. The monoisotopic (exact) mass is 180 g/mol. The van der Waals surface area contributed by atoms with Crippen molar-refractivity contribution in [1.29, 1.82) is 0 Å². The summed E-state index contributed by atoms with van der Waals surface area (Å²) in [7, 11) is 1.88. The molecule has 0 spiro atoms. The third-order valence-corrected chi connectivity index (χ3v) is 1.69. The second-order valence-corrected chi connectivity index (χ2v) is 3.11. The minimum absolute atomic E-state index is 0.929. The van der Waals surface area contributed by atoms with Crippen LogP contribution in [-0.2, 0) is 7.05 Å². The van der Waals surface area contributed by atoms with Gasteiger partial charge in [0.05, 0.1) is 11.9 Å². The standard InChI is InChI=1S/C9H16N4/c1-4-5-8(2)11-12-9-6-10-13(3)7-9/h6-7,12H,4-5H2,1-3H3/b11-8+. The van der Waals surface area contributed by atoms with Gasteiger partial charge in [-0.3, -0.25) is 10.1 Å². The van der Waals surface area contributed by atoms with Gasteiger partial charge in [0.2, 0.25) is 0 Å². The van der Waals surface area contributed by atoms with Crippen LogP contribution >= 0.6 is 0 Å². The van der Waals surface area contributed by atoms with Crippen LogP contribution in [0.3, 0.4) is 0 Å². The van der Waals surface area contributed by atoms with E-state index in [1.807, 2.05) is 20.2 Å². The van der Waals surface area contributed by atoms with E-state index in [-0.39, 0.29) is 0 Å². The van der Waals surface area contributed by atoms with Crippen molar-refractivity contribution >= 4 is 11.4 Å². The summed E-state index contributed by atoms with van der Waals surface area (Å²) in [5.41, 5.74) is 5.00. The highest BCUT2D eigenvalue weighted by Gasteiger charge is 1.93. The molecule has 0 radical (unpaired) electrons. The van der Waals surface area contributed by atoms with Crippen molar-refractivity contribution in [3.8, 4) is 0 Å². The van der Waals surface area contributed by atoms with Gasteiger partial charge in [-0.2, -0.15) is 10.2 Å². The van der Waals surface area contributed by atoms with Gasteiger partial charge in [-0.1, -0.05) is 13.3 Å². The number of rotatable bonds is 4. The molecular weight excluding hydrogens is 164 g/mol. The summed E-state index contributed by atoms with van der Waals surface area (Å²) in [6.45, 7) is 4.16. The number of anilines is 1. The summed E-state index contributed by atoms with van der Waals surface area (Å²) in [5, 5.41) is 8.24. The first-order valence-corrected chi connectivity index (χ1v) is 4.50. The summed E-state index contributed by atoms with van der Waals surface area (Å²) >= 11 is 0. The van der Waals surface area contributed by atoms with Crippen LogP contribution in [-0.4, -0.2) is 15.5 Å². The zero-order valence-electron chi connectivity index (χ0n) is 8.41. The van der Waals surface area contributed by atoms with Crippen molar-refractivity contribution in [2.24, 2.45) is 12.1 Å². The molecule has 72 valence electrons. The Morgan fingerprint density at radius 2 is 2.46 bits per heavy atom. The van der Waals surface area contributed by atoms with Gasteiger partial charge in [0.1, 0.15) is 0 Å². The molecule has 0 saturated heterocycles. The second-order valence-electron chi connectivity index (χ2n) is 3.11. The molecule has 0 aromatic carbocycles. The van der Waals surface area contributed by atoms with Crippen molar-refractivity contribution < 1.29 is 0 Å². The van der Waals surface area contributed by atoms with E-state index in [0.717, 1.165) is 24.2 Å². The molecule has 1 N–H and O–H groups in total. The summed E-state index contributed by atoms with van der Waals surface area (Å²) in [5.74, 6) is 0. The number of nitrogens with one attached hydrogen (secondary N) is 1. The minimum Gasteiger partial charge on any atom is -0.275 e.